The molecule has 1 heterocycles. The SMILES string of the molecule is C1CCC2CNCCC2C1.O=[N+]([O-])c1cc([N+](=O)[O-])c(O)c([N+](=O)[O-])c1. The fraction of sp³-hybridized carbons (Fsp3) is 0.600. The average Bonchev–Trinajstić information content (AvgIpc) is 2.61. The number of benzene rings is 1. The van der Waals surface area contributed by atoms with Crippen molar-refractivity contribution in [1.29, 1.82) is 0 Å². The molecule has 142 valence electrons. The zero-order valence-electron chi connectivity index (χ0n) is 14.0. The van der Waals surface area contributed by atoms with Gasteiger partial charge in [0.2, 0.25) is 0 Å². The number of phenolic OH excluding ortho intramolecular Hbond substituents is 1. The van der Waals surface area contributed by atoms with Gasteiger partial charge in [0, 0.05) is 0 Å². The lowest BCUT2D eigenvalue weighted by atomic mass is 9.76. The number of nitrogens with one attached hydrogen (secondary N) is 1. The lowest BCUT2D eigenvalue weighted by Gasteiger charge is -2.35. The number of phenols is 1. The molecule has 11 heteroatoms. The molecule has 2 unspecified atom stereocenters. The van der Waals surface area contributed by atoms with Crippen molar-refractivity contribution in [2.75, 3.05) is 13.1 Å². The molecule has 0 spiro atoms. The number of hydrogen-bond acceptors (Lipinski definition) is 8. The van der Waals surface area contributed by atoms with Crippen LogP contribution in [0.15, 0.2) is 12.1 Å². The largest absolute Gasteiger partial charge is 0.497 e. The standard InChI is InChI=1S/C9H17N.C6H3N3O7/c1-2-4-9-7-10-6-5-8(9)3-1;10-6-4(8(13)14)1-3(7(11)12)2-5(6)9(15)16/h8-10H,1-7H2;1-2,10H. The molecular formula is C15H20N4O7. The molecule has 2 aliphatic rings. The van der Waals surface area contributed by atoms with Crippen LogP contribution in [0.3, 0.4) is 0 Å². The summed E-state index contributed by atoms with van der Waals surface area (Å²) in [6, 6.07) is 0.894. The average molecular weight is 368 g/mol. The molecule has 1 saturated carbocycles. The first kappa shape index (κ1) is 19.5. The molecule has 2 fully saturated rings. The van der Waals surface area contributed by atoms with Crippen molar-refractivity contribution in [2.45, 2.75) is 32.1 Å². The lowest BCUT2D eigenvalue weighted by molar-refractivity contribution is -0.404. The highest BCUT2D eigenvalue weighted by Gasteiger charge is 2.30. The second kappa shape index (κ2) is 8.52. The van der Waals surface area contributed by atoms with Gasteiger partial charge in [-0.25, -0.2) is 0 Å². The van der Waals surface area contributed by atoms with Gasteiger partial charge in [-0.2, -0.15) is 0 Å². The van der Waals surface area contributed by atoms with E-state index in [-0.39, 0.29) is 0 Å². The quantitative estimate of drug-likeness (QED) is 0.607. The van der Waals surface area contributed by atoms with Gasteiger partial charge in [-0.3, -0.25) is 30.3 Å². The van der Waals surface area contributed by atoms with Gasteiger partial charge in [0.05, 0.1) is 26.9 Å². The van der Waals surface area contributed by atoms with E-state index in [0.717, 1.165) is 11.8 Å². The molecule has 2 atom stereocenters. The molecule has 1 aliphatic heterocycles. The summed E-state index contributed by atoms with van der Waals surface area (Å²) >= 11 is 0. The maximum Gasteiger partial charge on any atom is 0.324 e. The number of aromatic hydroxyl groups is 1. The molecule has 0 aromatic heterocycles. The Bertz CT molecular complexity index is 648. The van der Waals surface area contributed by atoms with Crippen LogP contribution in [-0.2, 0) is 0 Å². The van der Waals surface area contributed by atoms with Crippen molar-refractivity contribution >= 4 is 17.1 Å². The molecule has 2 N–H and O–H groups in total. The molecule has 0 bridgehead atoms. The summed E-state index contributed by atoms with van der Waals surface area (Å²) in [6.45, 7) is 2.59. The van der Waals surface area contributed by atoms with E-state index in [1.54, 1.807) is 0 Å². The molecule has 1 aromatic carbocycles. The monoisotopic (exact) mass is 368 g/mol. The minimum absolute atomic E-state index is 0.447. The smallest absolute Gasteiger partial charge is 0.324 e. The third-order valence-electron chi connectivity index (χ3n) is 4.82. The van der Waals surface area contributed by atoms with E-state index < -0.39 is 37.6 Å². The van der Waals surface area contributed by atoms with Crippen LogP contribution in [0.5, 0.6) is 5.75 Å². The lowest BCUT2D eigenvalue weighted by Crippen LogP contribution is -2.38. The third-order valence-corrected chi connectivity index (χ3v) is 4.82. The first-order valence-corrected chi connectivity index (χ1v) is 8.32. The Hall–Kier alpha value is -2.82. The van der Waals surface area contributed by atoms with Gasteiger partial charge in [0.1, 0.15) is 0 Å². The molecule has 11 nitrogen and oxygen atoms in total. The third kappa shape index (κ3) is 4.63. The van der Waals surface area contributed by atoms with Crippen LogP contribution in [0.1, 0.15) is 32.1 Å². The second-order valence-corrected chi connectivity index (χ2v) is 6.40. The zero-order valence-corrected chi connectivity index (χ0v) is 14.0. The van der Waals surface area contributed by atoms with E-state index in [1.807, 2.05) is 0 Å². The van der Waals surface area contributed by atoms with Gasteiger partial charge in [-0.05, 0) is 37.8 Å². The van der Waals surface area contributed by atoms with Crippen molar-refractivity contribution in [3.8, 4) is 5.75 Å². The number of hydrogen-bond donors (Lipinski definition) is 2. The zero-order chi connectivity index (χ0) is 19.3. The first-order chi connectivity index (χ1) is 12.3. The van der Waals surface area contributed by atoms with Crippen LogP contribution < -0.4 is 5.32 Å². The van der Waals surface area contributed by atoms with E-state index in [1.165, 1.54) is 45.2 Å². The number of fused-ring (bicyclic) bond motifs is 1. The molecule has 0 amide bonds. The van der Waals surface area contributed by atoms with Crippen LogP contribution in [0.25, 0.3) is 0 Å². The highest BCUT2D eigenvalue weighted by molar-refractivity contribution is 5.64. The second-order valence-electron chi connectivity index (χ2n) is 6.40. The van der Waals surface area contributed by atoms with Gasteiger partial charge in [-0.1, -0.05) is 19.3 Å². The summed E-state index contributed by atoms with van der Waals surface area (Å²) in [6.07, 6.45) is 7.46. The van der Waals surface area contributed by atoms with Crippen molar-refractivity contribution < 1.29 is 19.9 Å². The van der Waals surface area contributed by atoms with Gasteiger partial charge < -0.3 is 10.4 Å². The van der Waals surface area contributed by atoms with Crippen molar-refractivity contribution in [3.63, 3.8) is 0 Å². The maximum absolute atomic E-state index is 10.4. The van der Waals surface area contributed by atoms with E-state index in [2.05, 4.69) is 5.32 Å². The van der Waals surface area contributed by atoms with E-state index >= 15 is 0 Å². The summed E-state index contributed by atoms with van der Waals surface area (Å²) in [4.78, 5) is 27.8. The maximum atomic E-state index is 10.4. The molecule has 1 saturated heterocycles. The first-order valence-electron chi connectivity index (χ1n) is 8.32. The molecule has 26 heavy (non-hydrogen) atoms. The molecule has 3 rings (SSSR count). The Balaban J connectivity index is 0.000000206. The summed E-state index contributed by atoms with van der Waals surface area (Å²) < 4.78 is 0. The Labute approximate surface area is 148 Å². The number of piperidine rings is 1. The predicted octanol–water partition coefficient (Wildman–Crippen LogP) is 2.90. The summed E-state index contributed by atoms with van der Waals surface area (Å²) in [5.41, 5.74) is -3.00. The summed E-state index contributed by atoms with van der Waals surface area (Å²) in [5.74, 6) is 0.929. The molecular weight excluding hydrogens is 348 g/mol. The summed E-state index contributed by atoms with van der Waals surface area (Å²) in [5, 5.41) is 43.7. The predicted molar refractivity (Wildman–Crippen MR) is 91.0 cm³/mol. The molecule has 1 aliphatic carbocycles. The normalized spacial score (nSPS) is 21.7. The van der Waals surface area contributed by atoms with Crippen molar-refractivity contribution in [3.05, 3.63) is 42.5 Å². The van der Waals surface area contributed by atoms with Crippen molar-refractivity contribution in [1.82, 2.24) is 5.32 Å². The summed E-state index contributed by atoms with van der Waals surface area (Å²) in [7, 11) is 0. The minimum Gasteiger partial charge on any atom is -0.497 e. The minimum atomic E-state index is -1.21. The molecule has 1 aromatic rings. The number of non-ortho nitro benzene ring substituents is 1. The van der Waals surface area contributed by atoms with Gasteiger partial charge in [0.25, 0.3) is 11.4 Å². The highest BCUT2D eigenvalue weighted by atomic mass is 16.6. The van der Waals surface area contributed by atoms with Gasteiger partial charge in [0.15, 0.2) is 0 Å². The highest BCUT2D eigenvalue weighted by Crippen LogP contribution is 2.39. The van der Waals surface area contributed by atoms with E-state index in [4.69, 9.17) is 5.11 Å². The van der Waals surface area contributed by atoms with E-state index in [0.29, 0.717) is 12.1 Å². The van der Waals surface area contributed by atoms with Crippen LogP contribution in [0, 0.1) is 42.2 Å². The number of rotatable bonds is 3. The number of nitro groups is 3. The Morgan fingerprint density at radius 1 is 0.885 bits per heavy atom. The number of nitro benzene ring substituents is 3. The Kier molecular flexibility index (Phi) is 6.39. The van der Waals surface area contributed by atoms with Crippen LogP contribution >= 0.6 is 0 Å². The topological polar surface area (TPSA) is 162 Å². The molecule has 0 radical (unpaired) electrons. The Morgan fingerprint density at radius 2 is 1.42 bits per heavy atom. The van der Waals surface area contributed by atoms with Crippen molar-refractivity contribution in [2.24, 2.45) is 11.8 Å². The van der Waals surface area contributed by atoms with Crippen LogP contribution in [0.2, 0.25) is 0 Å². The van der Waals surface area contributed by atoms with Gasteiger partial charge in [-0.15, -0.1) is 0 Å². The fourth-order valence-corrected chi connectivity index (χ4v) is 3.48. The fourth-order valence-electron chi connectivity index (χ4n) is 3.48. The van der Waals surface area contributed by atoms with Crippen LogP contribution in [-0.4, -0.2) is 33.0 Å². The number of nitrogens with zero attached hydrogens (tertiary/aromatic N) is 3. The van der Waals surface area contributed by atoms with Gasteiger partial charge >= 0.3 is 11.4 Å². The Morgan fingerprint density at radius 3 is 1.88 bits per heavy atom. The van der Waals surface area contributed by atoms with E-state index in [9.17, 15) is 30.3 Å². The van der Waals surface area contributed by atoms with Crippen LogP contribution in [0.4, 0.5) is 17.1 Å².